The van der Waals surface area contributed by atoms with Crippen LogP contribution in [0.2, 0.25) is 0 Å². The van der Waals surface area contributed by atoms with Gasteiger partial charge in [-0.25, -0.2) is 0 Å². The van der Waals surface area contributed by atoms with Crippen molar-refractivity contribution in [3.05, 3.63) is 29.8 Å². The number of rotatable bonds is 9. The van der Waals surface area contributed by atoms with Crippen molar-refractivity contribution in [2.24, 2.45) is 0 Å². The fourth-order valence-corrected chi connectivity index (χ4v) is 4.02. The number of para-hydroxylation sites is 1. The molecule has 1 aromatic rings. The van der Waals surface area contributed by atoms with E-state index in [0.29, 0.717) is 36.9 Å². The predicted molar refractivity (Wildman–Crippen MR) is 87.2 cm³/mol. The lowest BCUT2D eigenvalue weighted by Crippen LogP contribution is -2.43. The molecule has 0 bridgehead atoms. The molecule has 0 fully saturated rings. The van der Waals surface area contributed by atoms with Gasteiger partial charge in [-0.05, 0) is 30.9 Å². The molecule has 4 nitrogen and oxygen atoms in total. The van der Waals surface area contributed by atoms with E-state index in [2.05, 4.69) is 0 Å². The molecule has 0 heterocycles. The highest BCUT2D eigenvalue weighted by Crippen LogP contribution is 2.41. The Morgan fingerprint density at radius 1 is 0.905 bits per heavy atom. The minimum Gasteiger partial charge on any atom is -0.480 e. The minimum atomic E-state index is -4.68. The van der Waals surface area contributed by atoms with E-state index in [1.165, 1.54) is 0 Å². The predicted octanol–water partition coefficient (Wildman–Crippen LogP) is 2.60. The first-order valence-electron chi connectivity index (χ1n) is 6.52. The van der Waals surface area contributed by atoms with Crippen molar-refractivity contribution in [2.75, 3.05) is 17.6 Å². The van der Waals surface area contributed by atoms with E-state index in [9.17, 15) is 14.4 Å². The smallest absolute Gasteiger partial charge is 0.480 e. The molecule has 0 aliphatic carbocycles. The van der Waals surface area contributed by atoms with E-state index >= 15 is 0 Å². The zero-order chi connectivity index (χ0) is 15.9. The van der Waals surface area contributed by atoms with Crippen LogP contribution in [0.5, 0.6) is 5.75 Å². The summed E-state index contributed by atoms with van der Waals surface area (Å²) in [6, 6.07) is 6.88. The largest absolute Gasteiger partial charge is 0.741 e. The van der Waals surface area contributed by atoms with Gasteiger partial charge in [-0.15, -0.1) is 34.8 Å². The molecule has 120 valence electrons. The van der Waals surface area contributed by atoms with E-state index < -0.39 is 14.5 Å². The van der Waals surface area contributed by atoms with Crippen LogP contribution in [0.4, 0.5) is 0 Å². The molecule has 0 aliphatic rings. The van der Waals surface area contributed by atoms with Gasteiger partial charge >= 0.3 is 9.05 Å². The summed E-state index contributed by atoms with van der Waals surface area (Å²) in [6.45, 7) is 0. The first-order chi connectivity index (χ1) is 9.88. The Labute approximate surface area is 140 Å². The zero-order valence-electron chi connectivity index (χ0n) is 11.4. The summed E-state index contributed by atoms with van der Waals surface area (Å²) >= 11 is 17.8. The van der Waals surface area contributed by atoms with E-state index in [1.807, 2.05) is 6.07 Å². The highest BCUT2D eigenvalue weighted by atomic mass is 35.5. The molecule has 0 amide bonds. The van der Waals surface area contributed by atoms with Crippen LogP contribution in [0.1, 0.15) is 24.8 Å². The first-order valence-corrected chi connectivity index (χ1v) is 9.87. The summed E-state index contributed by atoms with van der Waals surface area (Å²) < 4.78 is 4.95. The summed E-state index contributed by atoms with van der Waals surface area (Å²) in [5, 5.41) is 0. The second kappa shape index (κ2) is 8.58. The summed E-state index contributed by atoms with van der Waals surface area (Å²) in [6.07, 6.45) is 1.85. The van der Waals surface area contributed by atoms with Crippen LogP contribution in [-0.2, 0) is 5.41 Å². The maximum Gasteiger partial charge on any atom is 0.741 e. The fourth-order valence-electron chi connectivity index (χ4n) is 2.46. The standard InChI is InChI=1S/C13H19Cl3O4Si/c14-8-5-13(6-9-15,7-10-16)11-3-1-2-4-12(11)20-21(17,18)19/h1-4,17-19H,5-10H2. The Morgan fingerprint density at radius 3 is 1.81 bits per heavy atom. The third-order valence-corrected chi connectivity index (χ3v) is 4.49. The molecular weight excluding hydrogens is 355 g/mol. The van der Waals surface area contributed by atoms with Gasteiger partial charge < -0.3 is 18.8 Å². The molecular formula is C13H19Cl3O4Si. The van der Waals surface area contributed by atoms with Crippen LogP contribution in [-0.4, -0.2) is 41.1 Å². The molecule has 0 saturated carbocycles. The first kappa shape index (κ1) is 19.0. The Morgan fingerprint density at radius 2 is 1.38 bits per heavy atom. The third-order valence-electron chi connectivity index (χ3n) is 3.42. The van der Waals surface area contributed by atoms with Crippen molar-refractivity contribution in [1.29, 1.82) is 0 Å². The third kappa shape index (κ3) is 5.60. The van der Waals surface area contributed by atoms with Gasteiger partial charge in [0.15, 0.2) is 0 Å². The molecule has 0 saturated heterocycles. The number of hydrogen-bond acceptors (Lipinski definition) is 4. The number of alkyl halides is 3. The van der Waals surface area contributed by atoms with Gasteiger partial charge in [-0.3, -0.25) is 0 Å². The van der Waals surface area contributed by atoms with Crippen LogP contribution in [0.25, 0.3) is 0 Å². The van der Waals surface area contributed by atoms with Crippen LogP contribution >= 0.6 is 34.8 Å². The Balaban J connectivity index is 3.28. The quantitative estimate of drug-likeness (QED) is 0.460. The lowest BCUT2D eigenvalue weighted by atomic mass is 9.73. The van der Waals surface area contributed by atoms with Gasteiger partial charge in [-0.1, -0.05) is 18.2 Å². The highest BCUT2D eigenvalue weighted by Gasteiger charge is 2.38. The Hall–Kier alpha value is -0.0131. The van der Waals surface area contributed by atoms with E-state index in [-0.39, 0.29) is 5.75 Å². The average molecular weight is 374 g/mol. The lowest BCUT2D eigenvalue weighted by Gasteiger charge is -2.35. The molecule has 0 spiro atoms. The fraction of sp³-hybridized carbons (Fsp3) is 0.538. The molecule has 3 N–H and O–H groups in total. The summed E-state index contributed by atoms with van der Waals surface area (Å²) in [5.41, 5.74) is 0.294. The van der Waals surface area contributed by atoms with Gasteiger partial charge in [-0.2, -0.15) is 0 Å². The topological polar surface area (TPSA) is 69.9 Å². The van der Waals surface area contributed by atoms with Crippen LogP contribution in [0.15, 0.2) is 24.3 Å². The van der Waals surface area contributed by atoms with Gasteiger partial charge in [0, 0.05) is 23.1 Å². The van der Waals surface area contributed by atoms with Gasteiger partial charge in [0.25, 0.3) is 0 Å². The molecule has 8 heteroatoms. The van der Waals surface area contributed by atoms with Crippen LogP contribution in [0, 0.1) is 0 Å². The number of benzene rings is 1. The van der Waals surface area contributed by atoms with Crippen molar-refractivity contribution in [3.8, 4) is 5.75 Å². The number of halogens is 3. The molecule has 0 aliphatic heterocycles. The number of hydrogen-bond donors (Lipinski definition) is 3. The summed E-state index contributed by atoms with van der Waals surface area (Å²) in [5.74, 6) is 1.43. The summed E-state index contributed by atoms with van der Waals surface area (Å²) in [7, 11) is -4.68. The maximum absolute atomic E-state index is 9.20. The SMILES string of the molecule is O[Si](O)(O)Oc1ccccc1C(CCCl)(CCCl)CCCl. The van der Waals surface area contributed by atoms with Crippen molar-refractivity contribution in [3.63, 3.8) is 0 Å². The Kier molecular flexibility index (Phi) is 7.77. The highest BCUT2D eigenvalue weighted by molar-refractivity contribution is 6.49. The van der Waals surface area contributed by atoms with Crippen molar-refractivity contribution in [2.45, 2.75) is 24.7 Å². The van der Waals surface area contributed by atoms with Crippen LogP contribution in [0.3, 0.4) is 0 Å². The van der Waals surface area contributed by atoms with Gasteiger partial charge in [0.2, 0.25) is 0 Å². The molecule has 0 unspecified atom stereocenters. The monoisotopic (exact) mass is 372 g/mol. The second-order valence-corrected chi connectivity index (χ2v) is 7.26. The van der Waals surface area contributed by atoms with Gasteiger partial charge in [0.1, 0.15) is 5.75 Å². The van der Waals surface area contributed by atoms with Gasteiger partial charge in [0.05, 0.1) is 0 Å². The van der Waals surface area contributed by atoms with Crippen molar-refractivity contribution in [1.82, 2.24) is 0 Å². The second-order valence-electron chi connectivity index (χ2n) is 4.77. The molecule has 1 aromatic carbocycles. The molecule has 0 atom stereocenters. The van der Waals surface area contributed by atoms with E-state index in [4.69, 9.17) is 39.2 Å². The molecule has 21 heavy (non-hydrogen) atoms. The van der Waals surface area contributed by atoms with Crippen molar-refractivity contribution >= 4 is 43.9 Å². The normalized spacial score (nSPS) is 12.5. The van der Waals surface area contributed by atoms with Crippen LogP contribution < -0.4 is 4.43 Å². The lowest BCUT2D eigenvalue weighted by molar-refractivity contribution is 0.126. The zero-order valence-corrected chi connectivity index (χ0v) is 14.7. The maximum atomic E-state index is 9.20. The van der Waals surface area contributed by atoms with E-state index in [1.54, 1.807) is 18.2 Å². The van der Waals surface area contributed by atoms with Crippen molar-refractivity contribution < 1.29 is 18.8 Å². The molecule has 0 aromatic heterocycles. The minimum absolute atomic E-state index is 0.219. The Bertz CT molecular complexity index is 423. The average Bonchev–Trinajstić information content (AvgIpc) is 2.38. The molecule has 0 radical (unpaired) electrons. The molecule has 1 rings (SSSR count). The summed E-state index contributed by atoms with van der Waals surface area (Å²) in [4.78, 5) is 27.6. The van der Waals surface area contributed by atoms with E-state index in [0.717, 1.165) is 5.56 Å².